The lowest BCUT2D eigenvalue weighted by Gasteiger charge is -2.23. The van der Waals surface area contributed by atoms with Gasteiger partial charge in [0.2, 0.25) is 0 Å². The van der Waals surface area contributed by atoms with Gasteiger partial charge in [0.25, 0.3) is 0 Å². The Morgan fingerprint density at radius 1 is 1.26 bits per heavy atom. The Labute approximate surface area is 114 Å². The second-order valence-corrected chi connectivity index (χ2v) is 5.07. The monoisotopic (exact) mass is 263 g/mol. The van der Waals surface area contributed by atoms with Crippen LogP contribution in [0.15, 0.2) is 22.6 Å². The molecule has 3 heteroatoms. The zero-order valence-electron chi connectivity index (χ0n) is 12.1. The molecule has 1 N–H and O–H groups in total. The maximum Gasteiger partial charge on any atom is 0.134 e. The van der Waals surface area contributed by atoms with E-state index in [1.807, 2.05) is 14.0 Å². The third-order valence-electron chi connectivity index (χ3n) is 4.05. The van der Waals surface area contributed by atoms with E-state index in [2.05, 4.69) is 19.2 Å². The highest BCUT2D eigenvalue weighted by Gasteiger charge is 2.25. The van der Waals surface area contributed by atoms with Gasteiger partial charge in [-0.25, -0.2) is 4.39 Å². The van der Waals surface area contributed by atoms with Gasteiger partial charge in [-0.15, -0.1) is 0 Å². The van der Waals surface area contributed by atoms with E-state index in [0.29, 0.717) is 5.92 Å². The Bertz CT molecular complexity index is 557. The molecule has 1 heterocycles. The number of fused-ring (bicyclic) bond motifs is 1. The summed E-state index contributed by atoms with van der Waals surface area (Å²) in [6.45, 7) is 6.39. The molecule has 2 aromatic rings. The first-order valence-corrected chi connectivity index (χ1v) is 6.98. The van der Waals surface area contributed by atoms with Gasteiger partial charge >= 0.3 is 0 Å². The molecule has 0 aliphatic rings. The summed E-state index contributed by atoms with van der Waals surface area (Å²) in [4.78, 5) is 0. The van der Waals surface area contributed by atoms with Crippen LogP contribution in [-0.4, -0.2) is 7.05 Å². The maximum atomic E-state index is 13.3. The lowest BCUT2D eigenvalue weighted by atomic mass is 9.91. The number of furan rings is 1. The Hall–Kier alpha value is -1.35. The molecule has 0 spiro atoms. The molecule has 1 unspecified atom stereocenters. The predicted molar refractivity (Wildman–Crippen MR) is 76.8 cm³/mol. The molecule has 104 valence electrons. The van der Waals surface area contributed by atoms with Crippen LogP contribution in [0.1, 0.15) is 44.1 Å². The molecule has 0 aliphatic heterocycles. The highest BCUT2D eigenvalue weighted by molar-refractivity contribution is 5.82. The van der Waals surface area contributed by atoms with Gasteiger partial charge in [0.15, 0.2) is 0 Å². The molecular weight excluding hydrogens is 241 g/mol. The summed E-state index contributed by atoms with van der Waals surface area (Å²) in [5.74, 6) is 1.25. The smallest absolute Gasteiger partial charge is 0.134 e. The number of hydrogen-bond acceptors (Lipinski definition) is 2. The Morgan fingerprint density at radius 3 is 2.53 bits per heavy atom. The van der Waals surface area contributed by atoms with Gasteiger partial charge < -0.3 is 9.73 Å². The van der Waals surface area contributed by atoms with Crippen molar-refractivity contribution in [2.75, 3.05) is 7.05 Å². The average molecular weight is 263 g/mol. The minimum atomic E-state index is -0.216. The first kappa shape index (κ1) is 14.1. The summed E-state index contributed by atoms with van der Waals surface area (Å²) in [5.41, 5.74) is 1.81. The largest absolute Gasteiger partial charge is 0.459 e. The summed E-state index contributed by atoms with van der Waals surface area (Å²) in [7, 11) is 1.95. The molecule has 0 radical (unpaired) electrons. The van der Waals surface area contributed by atoms with Crippen LogP contribution in [0.5, 0.6) is 0 Å². The number of halogens is 1. The van der Waals surface area contributed by atoms with Gasteiger partial charge in [-0.1, -0.05) is 26.7 Å². The second-order valence-electron chi connectivity index (χ2n) is 5.07. The molecule has 0 amide bonds. The Kier molecular flexibility index (Phi) is 4.25. The molecule has 1 atom stereocenters. The first-order chi connectivity index (χ1) is 9.12. The van der Waals surface area contributed by atoms with Crippen molar-refractivity contribution < 1.29 is 8.81 Å². The van der Waals surface area contributed by atoms with E-state index in [1.165, 1.54) is 6.07 Å². The van der Waals surface area contributed by atoms with Gasteiger partial charge in [0, 0.05) is 10.9 Å². The van der Waals surface area contributed by atoms with Crippen molar-refractivity contribution in [2.24, 2.45) is 5.92 Å². The van der Waals surface area contributed by atoms with Gasteiger partial charge in [-0.3, -0.25) is 0 Å². The fourth-order valence-electron chi connectivity index (χ4n) is 2.85. The number of aryl methyl sites for hydroxylation is 1. The van der Waals surface area contributed by atoms with E-state index in [9.17, 15) is 4.39 Å². The average Bonchev–Trinajstić information content (AvgIpc) is 2.73. The van der Waals surface area contributed by atoms with E-state index in [-0.39, 0.29) is 11.9 Å². The third-order valence-corrected chi connectivity index (χ3v) is 4.05. The van der Waals surface area contributed by atoms with Crippen molar-refractivity contribution in [1.82, 2.24) is 5.32 Å². The van der Waals surface area contributed by atoms with E-state index in [4.69, 9.17) is 4.42 Å². The standard InChI is InChI=1S/C16H22FNO/c1-5-11(6-2)15(18-4)16-10(3)13-9-12(17)7-8-14(13)19-16/h7-9,11,15,18H,5-6H2,1-4H3. The van der Waals surface area contributed by atoms with Crippen molar-refractivity contribution in [1.29, 1.82) is 0 Å². The minimum absolute atomic E-state index is 0.186. The van der Waals surface area contributed by atoms with Crippen LogP contribution < -0.4 is 5.32 Å². The molecule has 0 aliphatic carbocycles. The third kappa shape index (κ3) is 2.52. The van der Waals surface area contributed by atoms with Gasteiger partial charge in [0.05, 0.1) is 6.04 Å². The Morgan fingerprint density at radius 2 is 1.95 bits per heavy atom. The van der Waals surface area contributed by atoms with Crippen molar-refractivity contribution in [3.63, 3.8) is 0 Å². The molecule has 2 nitrogen and oxygen atoms in total. The Balaban J connectivity index is 2.51. The molecule has 1 aromatic heterocycles. The van der Waals surface area contributed by atoms with Crippen LogP contribution in [0.2, 0.25) is 0 Å². The number of nitrogens with one attached hydrogen (secondary N) is 1. The highest BCUT2D eigenvalue weighted by Crippen LogP contribution is 2.35. The number of rotatable bonds is 5. The van der Waals surface area contributed by atoms with Crippen molar-refractivity contribution in [3.8, 4) is 0 Å². The summed E-state index contributed by atoms with van der Waals surface area (Å²) < 4.78 is 19.3. The molecule has 0 fully saturated rings. The van der Waals surface area contributed by atoms with Gasteiger partial charge in [-0.05, 0) is 38.1 Å². The van der Waals surface area contributed by atoms with E-state index < -0.39 is 0 Å². The van der Waals surface area contributed by atoms with Crippen LogP contribution >= 0.6 is 0 Å². The van der Waals surface area contributed by atoms with E-state index in [0.717, 1.165) is 35.1 Å². The predicted octanol–water partition coefficient (Wildman–Crippen LogP) is 4.58. The summed E-state index contributed by atoms with van der Waals surface area (Å²) in [6.07, 6.45) is 2.18. The lowest BCUT2D eigenvalue weighted by Crippen LogP contribution is -2.24. The van der Waals surface area contributed by atoms with Crippen LogP contribution in [0.3, 0.4) is 0 Å². The normalized spacial score (nSPS) is 13.4. The van der Waals surface area contributed by atoms with E-state index >= 15 is 0 Å². The zero-order valence-corrected chi connectivity index (χ0v) is 12.1. The second kappa shape index (κ2) is 5.74. The summed E-state index contributed by atoms with van der Waals surface area (Å²) in [5, 5.41) is 4.23. The minimum Gasteiger partial charge on any atom is -0.459 e. The molecular formula is C16H22FNO. The molecule has 0 saturated heterocycles. The van der Waals surface area contributed by atoms with Crippen molar-refractivity contribution in [2.45, 2.75) is 39.7 Å². The van der Waals surface area contributed by atoms with Crippen LogP contribution in [0.4, 0.5) is 4.39 Å². The molecule has 2 rings (SSSR count). The van der Waals surface area contributed by atoms with Crippen molar-refractivity contribution in [3.05, 3.63) is 35.3 Å². The van der Waals surface area contributed by atoms with Crippen LogP contribution in [0, 0.1) is 18.7 Å². The van der Waals surface area contributed by atoms with E-state index in [1.54, 1.807) is 12.1 Å². The number of hydrogen-bond donors (Lipinski definition) is 1. The summed E-state index contributed by atoms with van der Waals surface area (Å²) >= 11 is 0. The quantitative estimate of drug-likeness (QED) is 0.854. The molecule has 0 bridgehead atoms. The lowest BCUT2D eigenvalue weighted by molar-refractivity contribution is 0.313. The van der Waals surface area contributed by atoms with Gasteiger partial charge in [0.1, 0.15) is 17.2 Å². The van der Waals surface area contributed by atoms with Crippen molar-refractivity contribution >= 4 is 11.0 Å². The first-order valence-electron chi connectivity index (χ1n) is 6.98. The zero-order chi connectivity index (χ0) is 14.0. The highest BCUT2D eigenvalue weighted by atomic mass is 19.1. The molecule has 19 heavy (non-hydrogen) atoms. The van der Waals surface area contributed by atoms with Crippen LogP contribution in [-0.2, 0) is 0 Å². The topological polar surface area (TPSA) is 25.2 Å². The van der Waals surface area contributed by atoms with Crippen LogP contribution in [0.25, 0.3) is 11.0 Å². The van der Waals surface area contributed by atoms with Gasteiger partial charge in [-0.2, -0.15) is 0 Å². The fourth-order valence-corrected chi connectivity index (χ4v) is 2.85. The summed E-state index contributed by atoms with van der Waals surface area (Å²) in [6, 6.07) is 4.89. The maximum absolute atomic E-state index is 13.3. The molecule has 0 saturated carbocycles. The SMILES string of the molecule is CCC(CC)C(NC)c1oc2ccc(F)cc2c1C. The number of benzene rings is 1. The fraction of sp³-hybridized carbons (Fsp3) is 0.500. The molecule has 1 aromatic carbocycles.